The average Bonchev–Trinajstić information content (AvgIpc) is 2.93. The van der Waals surface area contributed by atoms with Gasteiger partial charge in [0.05, 0.1) is 5.02 Å². The van der Waals surface area contributed by atoms with Crippen molar-refractivity contribution in [1.82, 2.24) is 14.5 Å². The molecular formula is C21H34ClN3O3S. The summed E-state index contributed by atoms with van der Waals surface area (Å²) in [6.07, 6.45) is 6.86. The van der Waals surface area contributed by atoms with Crippen LogP contribution in [0, 0.1) is 0 Å². The topological polar surface area (TPSA) is 69.7 Å². The lowest BCUT2D eigenvalue weighted by Crippen LogP contribution is -2.52. The number of sulfonamides is 1. The van der Waals surface area contributed by atoms with Crippen molar-refractivity contribution in [1.29, 1.82) is 0 Å². The maximum absolute atomic E-state index is 12.9. The smallest absolute Gasteiger partial charge is 0.251 e. The van der Waals surface area contributed by atoms with Crippen LogP contribution in [0.3, 0.4) is 0 Å². The third-order valence-corrected chi connectivity index (χ3v) is 8.61. The number of hydrogen-bond donors (Lipinski definition) is 1. The van der Waals surface area contributed by atoms with Crippen LogP contribution in [-0.4, -0.2) is 62.8 Å². The first-order valence-corrected chi connectivity index (χ1v) is 12.2. The van der Waals surface area contributed by atoms with E-state index in [2.05, 4.69) is 24.3 Å². The van der Waals surface area contributed by atoms with Crippen molar-refractivity contribution in [3.05, 3.63) is 28.8 Å². The first-order valence-electron chi connectivity index (χ1n) is 10.4. The van der Waals surface area contributed by atoms with E-state index in [1.165, 1.54) is 29.3 Å². The van der Waals surface area contributed by atoms with Gasteiger partial charge in [-0.2, -0.15) is 4.31 Å². The molecule has 0 unspecified atom stereocenters. The van der Waals surface area contributed by atoms with Gasteiger partial charge >= 0.3 is 0 Å². The zero-order valence-corrected chi connectivity index (χ0v) is 19.6. The van der Waals surface area contributed by atoms with Crippen LogP contribution in [0.2, 0.25) is 5.02 Å². The third-order valence-electron chi connectivity index (χ3n) is 6.08. The van der Waals surface area contributed by atoms with Crippen molar-refractivity contribution in [3.63, 3.8) is 0 Å². The van der Waals surface area contributed by atoms with Crippen LogP contribution in [0.5, 0.6) is 0 Å². The molecule has 29 heavy (non-hydrogen) atoms. The number of halogens is 1. The monoisotopic (exact) mass is 443 g/mol. The first-order chi connectivity index (χ1) is 13.7. The molecule has 1 aromatic carbocycles. The lowest BCUT2D eigenvalue weighted by Gasteiger charge is -2.39. The summed E-state index contributed by atoms with van der Waals surface area (Å²) < 4.78 is 27.1. The number of amides is 1. The first kappa shape index (κ1) is 24.1. The lowest BCUT2D eigenvalue weighted by atomic mass is 9.88. The molecule has 0 heterocycles. The Hall–Kier alpha value is -1.15. The highest BCUT2D eigenvalue weighted by Crippen LogP contribution is 2.31. The van der Waals surface area contributed by atoms with Crippen LogP contribution in [0.1, 0.15) is 62.7 Å². The molecule has 164 valence electrons. The number of rotatable bonds is 8. The van der Waals surface area contributed by atoms with Gasteiger partial charge in [0.15, 0.2) is 0 Å². The molecule has 0 atom stereocenters. The van der Waals surface area contributed by atoms with Gasteiger partial charge in [0.25, 0.3) is 5.91 Å². The fourth-order valence-electron chi connectivity index (χ4n) is 4.06. The normalized spacial score (nSPS) is 17.3. The van der Waals surface area contributed by atoms with Crippen molar-refractivity contribution < 1.29 is 13.2 Å². The number of nitrogens with zero attached hydrogens (tertiary/aromatic N) is 2. The molecule has 0 radical (unpaired) electrons. The summed E-state index contributed by atoms with van der Waals surface area (Å²) in [5.74, 6) is -0.275. The fraction of sp³-hybridized carbons (Fsp3) is 0.667. The van der Waals surface area contributed by atoms with Crippen LogP contribution in [0.4, 0.5) is 0 Å². The SMILES string of the molecule is CCN(CC)S(=O)(=O)c1cc(C(=O)NCC2(N(C)C)CCCCCC2)ccc1Cl. The molecular weight excluding hydrogens is 410 g/mol. The molecule has 0 bridgehead atoms. The van der Waals surface area contributed by atoms with Gasteiger partial charge in [-0.1, -0.05) is 51.1 Å². The minimum absolute atomic E-state index is 0.0210. The Labute approximate surface area is 180 Å². The van der Waals surface area contributed by atoms with E-state index in [0.717, 1.165) is 25.7 Å². The Kier molecular flexibility index (Phi) is 8.52. The summed E-state index contributed by atoms with van der Waals surface area (Å²) in [5, 5.41) is 3.17. The molecule has 1 amide bonds. The summed E-state index contributed by atoms with van der Waals surface area (Å²) in [6, 6.07) is 4.45. The number of carbonyl (C=O) groups excluding carboxylic acids is 1. The molecule has 6 nitrogen and oxygen atoms in total. The van der Waals surface area contributed by atoms with Crippen LogP contribution in [0.25, 0.3) is 0 Å². The van der Waals surface area contributed by atoms with Gasteiger partial charge in [0.2, 0.25) is 10.0 Å². The number of likely N-dealkylation sites (N-methyl/N-ethyl adjacent to an activating group) is 1. The summed E-state index contributed by atoms with van der Waals surface area (Å²) in [6.45, 7) is 4.78. The van der Waals surface area contributed by atoms with E-state index in [-0.39, 0.29) is 21.4 Å². The zero-order valence-electron chi connectivity index (χ0n) is 18.0. The predicted molar refractivity (Wildman–Crippen MR) is 118 cm³/mol. The molecule has 2 rings (SSSR count). The molecule has 8 heteroatoms. The maximum atomic E-state index is 12.9. The van der Waals surface area contributed by atoms with Crippen molar-refractivity contribution in [2.45, 2.75) is 62.8 Å². The lowest BCUT2D eigenvalue weighted by molar-refractivity contribution is 0.0869. The standard InChI is InChI=1S/C21H34ClN3O3S/c1-5-25(6-2)29(27,28)19-15-17(11-12-18(19)22)20(26)23-16-21(24(3)4)13-9-7-8-10-14-21/h11-12,15H,5-10,13-14,16H2,1-4H3,(H,23,26). The Balaban J connectivity index is 2.23. The van der Waals surface area contributed by atoms with E-state index < -0.39 is 10.0 Å². The Bertz CT molecular complexity index is 799. The fourth-order valence-corrected chi connectivity index (χ4v) is 6.02. The van der Waals surface area contributed by atoms with Crippen LogP contribution in [-0.2, 0) is 10.0 Å². The molecule has 1 aliphatic rings. The van der Waals surface area contributed by atoms with Gasteiger partial charge in [-0.3, -0.25) is 4.79 Å². The molecule has 0 aliphatic heterocycles. The maximum Gasteiger partial charge on any atom is 0.251 e. The van der Waals surface area contributed by atoms with Gasteiger partial charge in [-0.05, 0) is 45.1 Å². The van der Waals surface area contributed by atoms with Crippen LogP contribution < -0.4 is 5.32 Å². The predicted octanol–water partition coefficient (Wildman–Crippen LogP) is 3.75. The Morgan fingerprint density at radius 1 is 1.10 bits per heavy atom. The summed E-state index contributed by atoms with van der Waals surface area (Å²) in [4.78, 5) is 15.1. The van der Waals surface area contributed by atoms with Gasteiger partial charge < -0.3 is 10.2 Å². The molecule has 1 aliphatic carbocycles. The minimum Gasteiger partial charge on any atom is -0.350 e. The van der Waals surface area contributed by atoms with E-state index in [9.17, 15) is 13.2 Å². The number of carbonyl (C=O) groups is 1. The van der Waals surface area contributed by atoms with Crippen LogP contribution in [0.15, 0.2) is 23.1 Å². The molecule has 1 saturated carbocycles. The third kappa shape index (κ3) is 5.51. The minimum atomic E-state index is -3.74. The highest BCUT2D eigenvalue weighted by Gasteiger charge is 2.34. The van der Waals surface area contributed by atoms with Gasteiger partial charge in [0, 0.05) is 30.7 Å². The largest absolute Gasteiger partial charge is 0.350 e. The van der Waals surface area contributed by atoms with Gasteiger partial charge in [-0.25, -0.2) is 8.42 Å². The second-order valence-electron chi connectivity index (χ2n) is 7.95. The van der Waals surface area contributed by atoms with E-state index in [0.29, 0.717) is 25.2 Å². The van der Waals surface area contributed by atoms with Crippen molar-refractivity contribution in [3.8, 4) is 0 Å². The van der Waals surface area contributed by atoms with Crippen molar-refractivity contribution >= 4 is 27.5 Å². The van der Waals surface area contributed by atoms with E-state index in [4.69, 9.17) is 11.6 Å². The van der Waals surface area contributed by atoms with E-state index >= 15 is 0 Å². The second kappa shape index (κ2) is 10.2. The highest BCUT2D eigenvalue weighted by molar-refractivity contribution is 7.89. The van der Waals surface area contributed by atoms with Crippen molar-refractivity contribution in [2.75, 3.05) is 33.7 Å². The average molecular weight is 444 g/mol. The van der Waals surface area contributed by atoms with E-state index in [1.54, 1.807) is 19.9 Å². The molecule has 0 aromatic heterocycles. The zero-order chi connectivity index (χ0) is 21.7. The number of benzene rings is 1. The van der Waals surface area contributed by atoms with Gasteiger partial charge in [-0.15, -0.1) is 0 Å². The molecule has 1 N–H and O–H groups in total. The quantitative estimate of drug-likeness (QED) is 0.621. The Morgan fingerprint density at radius 3 is 2.21 bits per heavy atom. The summed E-state index contributed by atoms with van der Waals surface area (Å²) in [7, 11) is 0.388. The van der Waals surface area contributed by atoms with E-state index in [1.807, 2.05) is 0 Å². The second-order valence-corrected chi connectivity index (χ2v) is 10.3. The number of nitrogens with one attached hydrogen (secondary N) is 1. The van der Waals surface area contributed by atoms with Gasteiger partial charge in [0.1, 0.15) is 4.90 Å². The van der Waals surface area contributed by atoms with Crippen molar-refractivity contribution in [2.24, 2.45) is 0 Å². The number of hydrogen-bond acceptors (Lipinski definition) is 4. The summed E-state index contributed by atoms with van der Waals surface area (Å²) >= 11 is 6.18. The Morgan fingerprint density at radius 2 is 1.69 bits per heavy atom. The summed E-state index contributed by atoms with van der Waals surface area (Å²) in [5.41, 5.74) is 0.247. The molecule has 0 saturated heterocycles. The molecule has 1 aromatic rings. The van der Waals surface area contributed by atoms with Crippen LogP contribution >= 0.6 is 11.6 Å². The highest BCUT2D eigenvalue weighted by atomic mass is 35.5. The molecule has 1 fully saturated rings. The molecule has 0 spiro atoms.